The van der Waals surface area contributed by atoms with E-state index in [0.717, 1.165) is 33.7 Å². The molecule has 0 aliphatic heterocycles. The molecule has 0 atom stereocenters. The second-order valence-electron chi connectivity index (χ2n) is 6.83. The normalized spacial score (nSPS) is 11.0. The fourth-order valence-corrected chi connectivity index (χ4v) is 3.64. The standard InChI is InChI=1S/C21H28N6O2S/c1-4-30-21-25-19(23-9-11-29-3)17-14-24-27(20(17)26-21)10-8-22-18(28)13-16-7-5-6-15(2)12-16/h5-7,12,14H,4,8-11,13H2,1-3H3,(H,22,28)(H,23,25,26). The second kappa shape index (κ2) is 10.9. The van der Waals surface area contributed by atoms with E-state index < -0.39 is 0 Å². The minimum atomic E-state index is -0.00386. The molecule has 8 nitrogen and oxygen atoms in total. The molecule has 0 spiro atoms. The maximum absolute atomic E-state index is 12.3. The minimum Gasteiger partial charge on any atom is -0.383 e. The van der Waals surface area contributed by atoms with E-state index in [9.17, 15) is 4.79 Å². The van der Waals surface area contributed by atoms with Gasteiger partial charge in [-0.05, 0) is 18.2 Å². The van der Waals surface area contributed by atoms with Gasteiger partial charge in [0.05, 0.1) is 31.2 Å². The van der Waals surface area contributed by atoms with E-state index in [4.69, 9.17) is 4.74 Å². The van der Waals surface area contributed by atoms with E-state index in [-0.39, 0.29) is 5.91 Å². The van der Waals surface area contributed by atoms with Crippen molar-refractivity contribution in [2.45, 2.75) is 32.0 Å². The van der Waals surface area contributed by atoms with Crippen molar-refractivity contribution in [2.24, 2.45) is 0 Å². The van der Waals surface area contributed by atoms with E-state index in [1.165, 1.54) is 0 Å². The number of ether oxygens (including phenoxy) is 1. The van der Waals surface area contributed by atoms with Crippen molar-refractivity contribution in [1.82, 2.24) is 25.1 Å². The fraction of sp³-hybridized carbons (Fsp3) is 0.429. The van der Waals surface area contributed by atoms with Gasteiger partial charge < -0.3 is 15.4 Å². The maximum atomic E-state index is 12.3. The van der Waals surface area contributed by atoms with Crippen LogP contribution >= 0.6 is 11.8 Å². The molecule has 1 amide bonds. The van der Waals surface area contributed by atoms with Gasteiger partial charge in [0.2, 0.25) is 5.91 Å². The number of benzene rings is 1. The number of aromatic nitrogens is 4. The minimum absolute atomic E-state index is 0.00386. The van der Waals surface area contributed by atoms with Crippen molar-refractivity contribution in [3.05, 3.63) is 41.6 Å². The van der Waals surface area contributed by atoms with Crippen molar-refractivity contribution in [1.29, 1.82) is 0 Å². The maximum Gasteiger partial charge on any atom is 0.224 e. The zero-order valence-electron chi connectivity index (χ0n) is 17.6. The van der Waals surface area contributed by atoms with Gasteiger partial charge in [0, 0.05) is 20.2 Å². The third kappa shape index (κ3) is 5.93. The van der Waals surface area contributed by atoms with Crippen molar-refractivity contribution >= 4 is 34.5 Å². The third-order valence-electron chi connectivity index (χ3n) is 4.44. The Morgan fingerprint density at radius 2 is 2.13 bits per heavy atom. The summed E-state index contributed by atoms with van der Waals surface area (Å²) in [5, 5.41) is 12.3. The highest BCUT2D eigenvalue weighted by molar-refractivity contribution is 7.99. The van der Waals surface area contributed by atoms with Gasteiger partial charge in [-0.15, -0.1) is 0 Å². The average Bonchev–Trinajstić information content (AvgIpc) is 3.11. The molecular formula is C21H28N6O2S. The van der Waals surface area contributed by atoms with Gasteiger partial charge in [-0.3, -0.25) is 4.79 Å². The Labute approximate surface area is 180 Å². The molecule has 0 saturated carbocycles. The number of rotatable bonds is 11. The van der Waals surface area contributed by atoms with Crippen LogP contribution in [0, 0.1) is 6.92 Å². The number of aryl methyl sites for hydroxylation is 1. The van der Waals surface area contributed by atoms with Crippen LogP contribution in [-0.2, 0) is 22.5 Å². The Hall–Kier alpha value is -2.65. The lowest BCUT2D eigenvalue weighted by Gasteiger charge is -2.09. The Morgan fingerprint density at radius 3 is 2.90 bits per heavy atom. The topological polar surface area (TPSA) is 94.0 Å². The number of amides is 1. The first kappa shape index (κ1) is 22.0. The molecule has 30 heavy (non-hydrogen) atoms. The highest BCUT2D eigenvalue weighted by atomic mass is 32.2. The molecule has 0 aliphatic carbocycles. The van der Waals surface area contributed by atoms with Gasteiger partial charge in [0.25, 0.3) is 0 Å². The number of hydrogen-bond donors (Lipinski definition) is 2. The molecule has 9 heteroatoms. The lowest BCUT2D eigenvalue weighted by Crippen LogP contribution is -2.29. The molecule has 2 N–H and O–H groups in total. The van der Waals surface area contributed by atoms with Gasteiger partial charge in [0.1, 0.15) is 5.82 Å². The Kier molecular flexibility index (Phi) is 8.04. The predicted molar refractivity (Wildman–Crippen MR) is 120 cm³/mol. The van der Waals surface area contributed by atoms with Crippen LogP contribution in [0.1, 0.15) is 18.1 Å². The summed E-state index contributed by atoms with van der Waals surface area (Å²) in [7, 11) is 1.67. The van der Waals surface area contributed by atoms with Crippen molar-refractivity contribution in [3.63, 3.8) is 0 Å². The van der Waals surface area contributed by atoms with Crippen LogP contribution in [0.2, 0.25) is 0 Å². The molecule has 0 aliphatic rings. The first-order valence-corrected chi connectivity index (χ1v) is 11.0. The molecule has 3 rings (SSSR count). The smallest absolute Gasteiger partial charge is 0.224 e. The number of carbonyl (C=O) groups is 1. The van der Waals surface area contributed by atoms with E-state index in [1.54, 1.807) is 25.1 Å². The molecule has 1 aromatic carbocycles. The van der Waals surface area contributed by atoms with E-state index in [1.807, 2.05) is 35.9 Å². The SMILES string of the molecule is CCSc1nc(NCCOC)c2cnn(CCNC(=O)Cc3cccc(C)c3)c2n1. The van der Waals surface area contributed by atoms with Crippen molar-refractivity contribution < 1.29 is 9.53 Å². The average molecular weight is 429 g/mol. The van der Waals surface area contributed by atoms with Crippen molar-refractivity contribution in [3.8, 4) is 0 Å². The van der Waals surface area contributed by atoms with Gasteiger partial charge in [-0.1, -0.05) is 48.5 Å². The second-order valence-corrected chi connectivity index (χ2v) is 8.06. The number of nitrogens with zero attached hydrogens (tertiary/aromatic N) is 4. The Bertz CT molecular complexity index is 991. The number of fused-ring (bicyclic) bond motifs is 1. The summed E-state index contributed by atoms with van der Waals surface area (Å²) in [6.07, 6.45) is 2.13. The number of thioether (sulfide) groups is 1. The van der Waals surface area contributed by atoms with Gasteiger partial charge in [0.15, 0.2) is 10.8 Å². The van der Waals surface area contributed by atoms with E-state index >= 15 is 0 Å². The number of methoxy groups -OCH3 is 1. The predicted octanol–water partition coefficient (Wildman–Crippen LogP) is 2.66. The molecule has 2 heterocycles. The summed E-state index contributed by atoms with van der Waals surface area (Å²) in [5.41, 5.74) is 2.92. The van der Waals surface area contributed by atoms with Crippen LogP contribution in [0.25, 0.3) is 11.0 Å². The van der Waals surface area contributed by atoms with Crippen LogP contribution in [0.5, 0.6) is 0 Å². The fourth-order valence-electron chi connectivity index (χ4n) is 3.07. The monoisotopic (exact) mass is 428 g/mol. The van der Waals surface area contributed by atoms with Crippen LogP contribution in [0.4, 0.5) is 5.82 Å². The van der Waals surface area contributed by atoms with Crippen LogP contribution < -0.4 is 10.6 Å². The number of carbonyl (C=O) groups excluding carboxylic acids is 1. The van der Waals surface area contributed by atoms with E-state index in [0.29, 0.717) is 37.8 Å². The summed E-state index contributed by atoms with van der Waals surface area (Å²) < 4.78 is 6.92. The summed E-state index contributed by atoms with van der Waals surface area (Å²) >= 11 is 1.58. The molecule has 0 bridgehead atoms. The quantitative estimate of drug-likeness (QED) is 0.275. The molecule has 0 radical (unpaired) electrons. The number of hydrogen-bond acceptors (Lipinski definition) is 7. The third-order valence-corrected chi connectivity index (χ3v) is 5.17. The van der Waals surface area contributed by atoms with Crippen molar-refractivity contribution in [2.75, 3.05) is 37.9 Å². The molecule has 3 aromatic rings. The zero-order valence-corrected chi connectivity index (χ0v) is 18.5. The van der Waals surface area contributed by atoms with Gasteiger partial charge in [-0.25, -0.2) is 14.6 Å². The lowest BCUT2D eigenvalue weighted by atomic mass is 10.1. The highest BCUT2D eigenvalue weighted by Gasteiger charge is 2.13. The van der Waals surface area contributed by atoms with E-state index in [2.05, 4.69) is 32.6 Å². The Balaban J connectivity index is 1.65. The first-order valence-electron chi connectivity index (χ1n) is 10.0. The lowest BCUT2D eigenvalue weighted by molar-refractivity contribution is -0.120. The molecule has 0 saturated heterocycles. The van der Waals surface area contributed by atoms with Crippen LogP contribution in [0.3, 0.4) is 0 Å². The Morgan fingerprint density at radius 1 is 1.27 bits per heavy atom. The van der Waals surface area contributed by atoms with Crippen LogP contribution in [0.15, 0.2) is 35.6 Å². The van der Waals surface area contributed by atoms with Gasteiger partial charge in [-0.2, -0.15) is 5.10 Å². The summed E-state index contributed by atoms with van der Waals surface area (Å²) in [6.45, 7) is 6.34. The summed E-state index contributed by atoms with van der Waals surface area (Å²) in [5.74, 6) is 1.63. The number of nitrogens with one attached hydrogen (secondary N) is 2. The van der Waals surface area contributed by atoms with Gasteiger partial charge >= 0.3 is 0 Å². The largest absolute Gasteiger partial charge is 0.383 e. The van der Waals surface area contributed by atoms with Crippen LogP contribution in [-0.4, -0.2) is 58.2 Å². The highest BCUT2D eigenvalue weighted by Crippen LogP contribution is 2.24. The molecule has 2 aromatic heterocycles. The molecule has 0 unspecified atom stereocenters. The first-order chi connectivity index (χ1) is 14.6. The number of anilines is 1. The molecular weight excluding hydrogens is 400 g/mol. The summed E-state index contributed by atoms with van der Waals surface area (Å²) in [6, 6.07) is 7.99. The molecule has 0 fully saturated rings. The zero-order chi connectivity index (χ0) is 21.3. The molecule has 160 valence electrons. The summed E-state index contributed by atoms with van der Waals surface area (Å²) in [4.78, 5) is 21.5.